The third kappa shape index (κ3) is 11.3. The van der Waals surface area contributed by atoms with Crippen LogP contribution in [0.25, 0.3) is 0 Å². The summed E-state index contributed by atoms with van der Waals surface area (Å²) >= 11 is 0. The fourth-order valence-corrected chi connectivity index (χ4v) is 2.27. The van der Waals surface area contributed by atoms with Crippen LogP contribution in [-0.4, -0.2) is 56.3 Å². The maximum Gasteiger partial charge on any atom is 0.328 e. The van der Waals surface area contributed by atoms with E-state index in [9.17, 15) is 14.0 Å². The molecule has 9 nitrogen and oxygen atoms in total. The molecule has 0 bridgehead atoms. The van der Waals surface area contributed by atoms with Crippen LogP contribution in [0.2, 0.25) is 0 Å². The lowest BCUT2D eigenvalue weighted by atomic mass is 10.1. The summed E-state index contributed by atoms with van der Waals surface area (Å²) in [6.07, 6.45) is 7.78. The van der Waals surface area contributed by atoms with E-state index >= 15 is 0 Å². The fraction of sp³-hybridized carbons (Fsp3) is 0.300. The molecule has 0 saturated heterocycles. The summed E-state index contributed by atoms with van der Waals surface area (Å²) in [4.78, 5) is 26.1. The number of carbonyl (C=O) groups is 2. The van der Waals surface area contributed by atoms with E-state index in [1.54, 1.807) is 18.5 Å². The molecule has 0 saturated carbocycles. The van der Waals surface area contributed by atoms with Crippen LogP contribution in [0.3, 0.4) is 0 Å². The topological polar surface area (TPSA) is 145 Å². The first kappa shape index (κ1) is 24.5. The van der Waals surface area contributed by atoms with Crippen LogP contribution in [0.4, 0.5) is 4.39 Å². The highest BCUT2D eigenvalue weighted by atomic mass is 19.1. The lowest BCUT2D eigenvalue weighted by Gasteiger charge is -2.06. The lowest BCUT2D eigenvalue weighted by Crippen LogP contribution is -2.05. The van der Waals surface area contributed by atoms with Crippen molar-refractivity contribution in [1.29, 1.82) is 0 Å². The molecule has 30 heavy (non-hydrogen) atoms. The van der Waals surface area contributed by atoms with E-state index < -0.39 is 11.9 Å². The largest absolute Gasteiger partial charge is 0.478 e. The first-order chi connectivity index (χ1) is 14.4. The number of benzene rings is 1. The molecule has 0 spiro atoms. The smallest absolute Gasteiger partial charge is 0.328 e. The Hall–Kier alpha value is -3.53. The molecule has 0 fully saturated rings. The maximum atomic E-state index is 12.9. The first-order valence-corrected chi connectivity index (χ1v) is 9.08. The summed E-state index contributed by atoms with van der Waals surface area (Å²) in [5.74, 6) is -2.82. The second-order valence-corrected chi connectivity index (χ2v) is 5.96. The van der Waals surface area contributed by atoms with Crippen LogP contribution in [-0.2, 0) is 20.7 Å². The molecule has 0 aliphatic heterocycles. The second kappa shape index (κ2) is 14.5. The van der Waals surface area contributed by atoms with Crippen molar-refractivity contribution in [2.24, 2.45) is 5.16 Å². The number of H-pyrrole nitrogens is 1. The van der Waals surface area contributed by atoms with Gasteiger partial charge in [-0.2, -0.15) is 0 Å². The average molecular weight is 421 g/mol. The number of aromatic nitrogens is 2. The number of carboxylic acid groups (broad SMARTS) is 2. The number of hydrogen-bond donors (Lipinski definition) is 4. The van der Waals surface area contributed by atoms with Crippen LogP contribution in [0.5, 0.6) is 0 Å². The van der Waals surface area contributed by atoms with E-state index in [4.69, 9.17) is 20.2 Å². The van der Waals surface area contributed by atoms with Crippen molar-refractivity contribution in [3.8, 4) is 0 Å². The Morgan fingerprint density at radius 1 is 1.10 bits per heavy atom. The number of carboxylic acids is 2. The highest BCUT2D eigenvalue weighted by molar-refractivity contribution is 6.00. The average Bonchev–Trinajstić information content (AvgIpc) is 3.23. The number of hydrogen-bond acceptors (Lipinski definition) is 6. The van der Waals surface area contributed by atoms with E-state index in [2.05, 4.69) is 15.1 Å². The van der Waals surface area contributed by atoms with Gasteiger partial charge in [-0.3, -0.25) is 0 Å². The van der Waals surface area contributed by atoms with E-state index in [0.717, 1.165) is 30.5 Å². The van der Waals surface area contributed by atoms with Crippen molar-refractivity contribution >= 4 is 17.7 Å². The van der Waals surface area contributed by atoms with Gasteiger partial charge in [0.25, 0.3) is 0 Å². The molecule has 1 aromatic heterocycles. The van der Waals surface area contributed by atoms with Gasteiger partial charge in [-0.15, -0.1) is 0 Å². The molecule has 4 N–H and O–H groups in total. The van der Waals surface area contributed by atoms with Gasteiger partial charge in [0.15, 0.2) is 0 Å². The van der Waals surface area contributed by atoms with Crippen LogP contribution >= 0.6 is 0 Å². The van der Waals surface area contributed by atoms with E-state index in [1.807, 2.05) is 6.20 Å². The first-order valence-electron chi connectivity index (χ1n) is 9.08. The standard InChI is InChI=1S/C16H20FN3O2.C4H4O4/c17-14-7-5-13(6-8-14)16(20-21)4-2-10-22-9-1-3-15-11-18-12-19-15;5-3(6)1-2-4(7)8/h5-8,11-12,21H,1-4,9-10H2,(H,18,19);1-2H,(H,5,6)(H,7,8)/b20-16-;2-1-. The van der Waals surface area contributed by atoms with Crippen molar-refractivity contribution in [2.75, 3.05) is 13.2 Å². The molecule has 0 amide bonds. The number of halogens is 1. The molecule has 2 aromatic rings. The zero-order chi connectivity index (χ0) is 22.2. The number of aryl methyl sites for hydroxylation is 1. The van der Waals surface area contributed by atoms with Gasteiger partial charge in [0.1, 0.15) is 5.82 Å². The summed E-state index contributed by atoms with van der Waals surface area (Å²) in [6.45, 7) is 1.28. The predicted molar refractivity (Wildman–Crippen MR) is 106 cm³/mol. The number of ether oxygens (including phenoxy) is 1. The lowest BCUT2D eigenvalue weighted by molar-refractivity contribution is -0.134. The number of rotatable bonds is 11. The van der Waals surface area contributed by atoms with Crippen LogP contribution in [0.1, 0.15) is 30.5 Å². The van der Waals surface area contributed by atoms with Crippen LogP contribution in [0, 0.1) is 5.82 Å². The van der Waals surface area contributed by atoms with Gasteiger partial charge >= 0.3 is 11.9 Å². The Bertz CT molecular complexity index is 804. The molecule has 162 valence electrons. The minimum Gasteiger partial charge on any atom is -0.478 e. The van der Waals surface area contributed by atoms with Crippen molar-refractivity contribution in [1.82, 2.24) is 9.97 Å². The van der Waals surface area contributed by atoms with Gasteiger partial charge in [-0.25, -0.2) is 19.0 Å². The monoisotopic (exact) mass is 421 g/mol. The number of oxime groups is 1. The van der Waals surface area contributed by atoms with Gasteiger partial charge < -0.3 is 25.1 Å². The summed E-state index contributed by atoms with van der Waals surface area (Å²) in [6, 6.07) is 5.92. The summed E-state index contributed by atoms with van der Waals surface area (Å²) in [5, 5.41) is 27.9. The van der Waals surface area contributed by atoms with Gasteiger partial charge in [0, 0.05) is 37.3 Å². The van der Waals surface area contributed by atoms with Gasteiger partial charge in [-0.1, -0.05) is 17.3 Å². The fourth-order valence-electron chi connectivity index (χ4n) is 2.27. The van der Waals surface area contributed by atoms with E-state index in [1.165, 1.54) is 12.1 Å². The quantitative estimate of drug-likeness (QED) is 0.143. The SMILES string of the molecule is O/N=C(/CCCOCCCc1cnc[nH]1)c1ccc(F)cc1.O=C(O)/C=C\C(=O)O. The van der Waals surface area contributed by atoms with Crippen molar-refractivity contribution in [3.63, 3.8) is 0 Å². The second-order valence-electron chi connectivity index (χ2n) is 5.96. The molecule has 0 aliphatic rings. The molecule has 10 heteroatoms. The number of aromatic amines is 1. The Morgan fingerprint density at radius 2 is 1.73 bits per heavy atom. The maximum absolute atomic E-state index is 12.9. The molecule has 0 unspecified atom stereocenters. The molecule has 2 rings (SSSR count). The third-order valence-corrected chi connectivity index (χ3v) is 3.66. The Morgan fingerprint density at radius 3 is 2.27 bits per heavy atom. The van der Waals surface area contributed by atoms with Crippen molar-refractivity contribution in [3.05, 3.63) is 66.0 Å². The molecule has 0 radical (unpaired) electrons. The molecular formula is C20H24FN3O6. The number of nitrogens with zero attached hydrogens (tertiary/aromatic N) is 2. The summed E-state index contributed by atoms with van der Waals surface area (Å²) < 4.78 is 18.4. The zero-order valence-corrected chi connectivity index (χ0v) is 16.2. The molecular weight excluding hydrogens is 397 g/mol. The normalized spacial score (nSPS) is 11.2. The molecule has 1 heterocycles. The predicted octanol–water partition coefficient (Wildman–Crippen LogP) is 2.87. The third-order valence-electron chi connectivity index (χ3n) is 3.66. The van der Waals surface area contributed by atoms with Crippen molar-refractivity contribution in [2.45, 2.75) is 25.7 Å². The Balaban J connectivity index is 0.000000479. The van der Waals surface area contributed by atoms with Gasteiger partial charge in [0.2, 0.25) is 0 Å². The van der Waals surface area contributed by atoms with E-state index in [0.29, 0.717) is 37.5 Å². The number of aliphatic carboxylic acids is 2. The molecule has 0 aliphatic carbocycles. The van der Waals surface area contributed by atoms with Crippen LogP contribution < -0.4 is 0 Å². The minimum absolute atomic E-state index is 0.304. The van der Waals surface area contributed by atoms with E-state index in [-0.39, 0.29) is 5.82 Å². The summed E-state index contributed by atoms with van der Waals surface area (Å²) in [5.41, 5.74) is 2.37. The van der Waals surface area contributed by atoms with Gasteiger partial charge in [-0.05, 0) is 43.4 Å². The highest BCUT2D eigenvalue weighted by Gasteiger charge is 2.05. The van der Waals surface area contributed by atoms with Gasteiger partial charge in [0.05, 0.1) is 12.0 Å². The Labute approximate surface area is 172 Å². The number of nitrogens with one attached hydrogen (secondary N) is 1. The zero-order valence-electron chi connectivity index (χ0n) is 16.2. The Kier molecular flexibility index (Phi) is 11.8. The minimum atomic E-state index is -1.26. The summed E-state index contributed by atoms with van der Waals surface area (Å²) in [7, 11) is 0. The van der Waals surface area contributed by atoms with Crippen molar-refractivity contribution < 1.29 is 34.1 Å². The molecule has 1 aromatic carbocycles. The molecule has 0 atom stereocenters. The highest BCUT2D eigenvalue weighted by Crippen LogP contribution is 2.09. The van der Waals surface area contributed by atoms with Crippen LogP contribution in [0.15, 0.2) is 54.1 Å². The number of imidazole rings is 1.